The highest BCUT2D eigenvalue weighted by Crippen LogP contribution is 2.40. The summed E-state index contributed by atoms with van der Waals surface area (Å²) in [6, 6.07) is 10.0. The summed E-state index contributed by atoms with van der Waals surface area (Å²) in [7, 11) is 4.49. The minimum absolute atomic E-state index is 0.0885. The highest BCUT2D eigenvalue weighted by atomic mass is 16.6. The predicted octanol–water partition coefficient (Wildman–Crippen LogP) is 2.55. The number of nitrogens with zero attached hydrogens (tertiary/aromatic N) is 1. The fourth-order valence-electron chi connectivity index (χ4n) is 2.77. The van der Waals surface area contributed by atoms with Crippen LogP contribution in [-0.4, -0.2) is 44.2 Å². The molecule has 142 valence electrons. The number of aromatic hydroxyl groups is 1. The molecule has 1 amide bonds. The Bertz CT molecular complexity index is 855. The van der Waals surface area contributed by atoms with Crippen molar-refractivity contribution >= 4 is 17.3 Å². The van der Waals surface area contributed by atoms with Crippen molar-refractivity contribution in [2.45, 2.75) is 12.5 Å². The van der Waals surface area contributed by atoms with Gasteiger partial charge in [-0.05, 0) is 12.1 Å². The van der Waals surface area contributed by atoms with E-state index in [9.17, 15) is 9.90 Å². The maximum atomic E-state index is 12.5. The quantitative estimate of drug-likeness (QED) is 0.809. The van der Waals surface area contributed by atoms with E-state index in [2.05, 4.69) is 10.5 Å². The van der Waals surface area contributed by atoms with Gasteiger partial charge in [0.15, 0.2) is 11.5 Å². The lowest BCUT2D eigenvalue weighted by molar-refractivity contribution is -0.125. The van der Waals surface area contributed by atoms with E-state index >= 15 is 0 Å². The third-order valence-corrected chi connectivity index (χ3v) is 4.11. The molecule has 0 aromatic heterocycles. The first-order valence-electron chi connectivity index (χ1n) is 8.19. The van der Waals surface area contributed by atoms with Gasteiger partial charge in [-0.2, -0.15) is 0 Å². The normalized spacial score (nSPS) is 15.5. The second-order valence-electron chi connectivity index (χ2n) is 5.76. The van der Waals surface area contributed by atoms with Crippen molar-refractivity contribution in [1.82, 2.24) is 0 Å². The lowest BCUT2D eigenvalue weighted by atomic mass is 10.0. The summed E-state index contributed by atoms with van der Waals surface area (Å²) < 4.78 is 15.8. The number of hydrogen-bond donors (Lipinski definition) is 2. The third kappa shape index (κ3) is 3.74. The van der Waals surface area contributed by atoms with Crippen LogP contribution in [0.3, 0.4) is 0 Å². The van der Waals surface area contributed by atoms with Crippen LogP contribution >= 0.6 is 0 Å². The number of oxime groups is 1. The SMILES string of the molecule is COc1cc(NC(=O)[C@@H]2CC(c3ccccc3O)=NO2)cc(OC)c1OC. The number of benzene rings is 2. The van der Waals surface area contributed by atoms with Gasteiger partial charge in [-0.25, -0.2) is 0 Å². The summed E-state index contributed by atoms with van der Waals surface area (Å²) >= 11 is 0. The molecular formula is C19H20N2O6. The van der Waals surface area contributed by atoms with Crippen molar-refractivity contribution in [2.75, 3.05) is 26.6 Å². The molecule has 1 heterocycles. The maximum absolute atomic E-state index is 12.5. The molecule has 3 rings (SSSR count). The molecule has 0 unspecified atom stereocenters. The molecule has 0 aliphatic carbocycles. The second kappa shape index (κ2) is 7.86. The van der Waals surface area contributed by atoms with Crippen LogP contribution in [0, 0.1) is 0 Å². The molecule has 0 bridgehead atoms. The molecule has 0 fully saturated rings. The van der Waals surface area contributed by atoms with Gasteiger partial charge in [0.1, 0.15) is 5.75 Å². The van der Waals surface area contributed by atoms with Gasteiger partial charge in [0, 0.05) is 29.8 Å². The number of nitrogens with one attached hydrogen (secondary N) is 1. The first kappa shape index (κ1) is 18.4. The summed E-state index contributed by atoms with van der Waals surface area (Å²) in [5.41, 5.74) is 1.52. The van der Waals surface area contributed by atoms with E-state index in [0.717, 1.165) is 0 Å². The summed E-state index contributed by atoms with van der Waals surface area (Å²) in [6.07, 6.45) is -0.563. The Balaban J connectivity index is 1.73. The summed E-state index contributed by atoms with van der Waals surface area (Å²) in [5, 5.41) is 16.6. The molecule has 2 aromatic carbocycles. The summed E-state index contributed by atoms with van der Waals surface area (Å²) in [6.45, 7) is 0. The van der Waals surface area contributed by atoms with Gasteiger partial charge < -0.3 is 29.5 Å². The van der Waals surface area contributed by atoms with Gasteiger partial charge in [-0.15, -0.1) is 0 Å². The van der Waals surface area contributed by atoms with Crippen LogP contribution in [0.5, 0.6) is 23.0 Å². The van der Waals surface area contributed by atoms with E-state index in [0.29, 0.717) is 34.2 Å². The zero-order valence-electron chi connectivity index (χ0n) is 15.2. The zero-order chi connectivity index (χ0) is 19.4. The van der Waals surface area contributed by atoms with Crippen LogP contribution < -0.4 is 19.5 Å². The molecule has 2 aromatic rings. The van der Waals surface area contributed by atoms with Crippen LogP contribution in [0.25, 0.3) is 0 Å². The van der Waals surface area contributed by atoms with Gasteiger partial charge in [-0.3, -0.25) is 4.79 Å². The highest BCUT2D eigenvalue weighted by molar-refractivity contribution is 6.07. The number of carbonyl (C=O) groups excluding carboxylic acids is 1. The number of phenolic OH excluding ortho intramolecular Hbond substituents is 1. The number of para-hydroxylation sites is 1. The molecule has 27 heavy (non-hydrogen) atoms. The Morgan fingerprint density at radius 2 is 1.81 bits per heavy atom. The van der Waals surface area contributed by atoms with Crippen molar-refractivity contribution in [3.8, 4) is 23.0 Å². The third-order valence-electron chi connectivity index (χ3n) is 4.11. The van der Waals surface area contributed by atoms with E-state index in [1.165, 1.54) is 21.3 Å². The first-order valence-corrected chi connectivity index (χ1v) is 8.19. The van der Waals surface area contributed by atoms with Gasteiger partial charge in [0.2, 0.25) is 11.9 Å². The number of carbonyl (C=O) groups is 1. The van der Waals surface area contributed by atoms with Crippen LogP contribution in [0.2, 0.25) is 0 Å². The number of rotatable bonds is 6. The van der Waals surface area contributed by atoms with E-state index in [4.69, 9.17) is 19.0 Å². The molecule has 8 nitrogen and oxygen atoms in total. The molecule has 0 saturated carbocycles. The van der Waals surface area contributed by atoms with Gasteiger partial charge in [0.05, 0.1) is 27.0 Å². The Morgan fingerprint density at radius 3 is 2.41 bits per heavy atom. The Hall–Kier alpha value is -3.42. The van der Waals surface area contributed by atoms with Crippen molar-refractivity contribution in [3.05, 3.63) is 42.0 Å². The average Bonchev–Trinajstić information content (AvgIpc) is 3.17. The Kier molecular flexibility index (Phi) is 5.35. The monoisotopic (exact) mass is 372 g/mol. The molecule has 8 heteroatoms. The minimum Gasteiger partial charge on any atom is -0.507 e. The standard InChI is InChI=1S/C19H20N2O6/c1-24-15-8-11(9-16(25-2)18(15)26-3)20-19(23)17-10-13(21-27-17)12-6-4-5-7-14(12)22/h4-9,17,22H,10H2,1-3H3,(H,20,23)/t17-/m0/s1. The number of phenols is 1. The highest BCUT2D eigenvalue weighted by Gasteiger charge is 2.30. The lowest BCUT2D eigenvalue weighted by Crippen LogP contribution is -2.28. The van der Waals surface area contributed by atoms with E-state index < -0.39 is 6.10 Å². The first-order chi connectivity index (χ1) is 13.1. The van der Waals surface area contributed by atoms with E-state index in [1.54, 1.807) is 36.4 Å². The van der Waals surface area contributed by atoms with Crippen molar-refractivity contribution in [3.63, 3.8) is 0 Å². The van der Waals surface area contributed by atoms with E-state index in [1.807, 2.05) is 0 Å². The van der Waals surface area contributed by atoms with Gasteiger partial charge >= 0.3 is 0 Å². The second-order valence-corrected chi connectivity index (χ2v) is 5.76. The lowest BCUT2D eigenvalue weighted by Gasteiger charge is -2.15. The number of hydrogen-bond acceptors (Lipinski definition) is 7. The van der Waals surface area contributed by atoms with E-state index in [-0.39, 0.29) is 18.1 Å². The number of anilines is 1. The van der Waals surface area contributed by atoms with Gasteiger partial charge in [-0.1, -0.05) is 17.3 Å². The van der Waals surface area contributed by atoms with Crippen LogP contribution in [0.1, 0.15) is 12.0 Å². The average molecular weight is 372 g/mol. The van der Waals surface area contributed by atoms with Crippen molar-refractivity contribution in [2.24, 2.45) is 5.16 Å². The zero-order valence-corrected chi connectivity index (χ0v) is 15.2. The minimum atomic E-state index is -0.807. The number of amides is 1. The number of methoxy groups -OCH3 is 3. The summed E-state index contributed by atoms with van der Waals surface area (Å²) in [4.78, 5) is 17.8. The molecule has 1 aliphatic heterocycles. The maximum Gasteiger partial charge on any atom is 0.268 e. The fourth-order valence-corrected chi connectivity index (χ4v) is 2.77. The Morgan fingerprint density at radius 1 is 1.15 bits per heavy atom. The predicted molar refractivity (Wildman–Crippen MR) is 98.9 cm³/mol. The molecule has 0 radical (unpaired) electrons. The number of ether oxygens (including phenoxy) is 3. The largest absolute Gasteiger partial charge is 0.507 e. The smallest absolute Gasteiger partial charge is 0.268 e. The van der Waals surface area contributed by atoms with Gasteiger partial charge in [0.25, 0.3) is 5.91 Å². The topological polar surface area (TPSA) is 98.6 Å². The van der Waals surface area contributed by atoms with Crippen LogP contribution in [-0.2, 0) is 9.63 Å². The molecule has 1 atom stereocenters. The molecule has 1 aliphatic rings. The molecular weight excluding hydrogens is 352 g/mol. The van der Waals surface area contributed by atoms with Crippen molar-refractivity contribution < 1.29 is 28.9 Å². The fraction of sp³-hybridized carbons (Fsp3) is 0.263. The summed E-state index contributed by atoms with van der Waals surface area (Å²) in [5.74, 6) is 0.987. The molecule has 2 N–H and O–H groups in total. The van der Waals surface area contributed by atoms with Crippen molar-refractivity contribution in [1.29, 1.82) is 0 Å². The Labute approximate surface area is 156 Å². The van der Waals surface area contributed by atoms with Crippen LogP contribution in [0.15, 0.2) is 41.6 Å². The molecule has 0 saturated heterocycles. The van der Waals surface area contributed by atoms with Crippen LogP contribution in [0.4, 0.5) is 5.69 Å². The molecule has 0 spiro atoms.